The van der Waals surface area contributed by atoms with E-state index in [1.807, 2.05) is 51.1 Å². The molecule has 0 saturated carbocycles. The highest BCUT2D eigenvalue weighted by atomic mass is 79.9. The fraction of sp³-hybridized carbons (Fsp3) is 0.500. The molecule has 0 radical (unpaired) electrons. The first-order valence-corrected chi connectivity index (χ1v) is 9.40. The Labute approximate surface area is 158 Å². The van der Waals surface area contributed by atoms with Crippen molar-refractivity contribution in [2.45, 2.75) is 59.1 Å². The van der Waals surface area contributed by atoms with Crippen LogP contribution in [0.1, 0.15) is 53.0 Å². The molecule has 1 amide bonds. The van der Waals surface area contributed by atoms with Crippen LogP contribution in [-0.2, 0) is 9.53 Å². The molecule has 0 unspecified atom stereocenters. The van der Waals surface area contributed by atoms with Gasteiger partial charge in [0.05, 0.1) is 10.2 Å². The van der Waals surface area contributed by atoms with Crippen molar-refractivity contribution in [1.29, 1.82) is 0 Å². The lowest BCUT2D eigenvalue weighted by molar-refractivity contribution is -0.116. The molecule has 5 heteroatoms. The normalized spacial score (nSPS) is 18.8. The summed E-state index contributed by atoms with van der Waals surface area (Å²) in [4.78, 5) is 27.2. The Morgan fingerprint density at radius 3 is 2.40 bits per heavy atom. The summed E-state index contributed by atoms with van der Waals surface area (Å²) >= 11 is 3.42. The predicted octanol–water partition coefficient (Wildman–Crippen LogP) is 5.37. The molecular formula is C20H26BrNO3. The van der Waals surface area contributed by atoms with Crippen LogP contribution in [0.15, 0.2) is 34.8 Å². The zero-order chi connectivity index (χ0) is 18.8. The summed E-state index contributed by atoms with van der Waals surface area (Å²) in [6, 6.07) is 9.29. The first kappa shape index (κ1) is 19.7. The third kappa shape index (κ3) is 4.94. The van der Waals surface area contributed by atoms with Crippen LogP contribution in [0.4, 0.5) is 4.79 Å². The highest BCUT2D eigenvalue weighted by molar-refractivity contribution is 9.12. The topological polar surface area (TPSA) is 46.6 Å². The van der Waals surface area contributed by atoms with Gasteiger partial charge in [0.2, 0.25) is 0 Å². The molecule has 0 spiro atoms. The number of carbonyl (C=O) groups excluding carboxylic acids is 2. The van der Waals surface area contributed by atoms with Crippen LogP contribution in [0.5, 0.6) is 0 Å². The maximum absolute atomic E-state index is 13.0. The van der Waals surface area contributed by atoms with Gasteiger partial charge >= 0.3 is 6.09 Å². The average molecular weight is 408 g/mol. The Bertz CT molecular complexity index is 674. The number of ether oxygens (including phenoxy) is 1. The highest BCUT2D eigenvalue weighted by Gasteiger charge is 2.39. The predicted molar refractivity (Wildman–Crippen MR) is 103 cm³/mol. The monoisotopic (exact) mass is 407 g/mol. The molecule has 1 heterocycles. The van der Waals surface area contributed by atoms with Crippen LogP contribution in [0.2, 0.25) is 0 Å². The maximum Gasteiger partial charge on any atom is 0.415 e. The molecule has 25 heavy (non-hydrogen) atoms. The van der Waals surface area contributed by atoms with Crippen LogP contribution < -0.4 is 0 Å². The van der Waals surface area contributed by atoms with Crippen LogP contribution in [0, 0.1) is 5.92 Å². The Morgan fingerprint density at radius 2 is 1.88 bits per heavy atom. The molecule has 0 bridgehead atoms. The number of allylic oxidation sites excluding steroid dienone is 1. The minimum absolute atomic E-state index is 0.0179. The summed E-state index contributed by atoms with van der Waals surface area (Å²) in [6.45, 7) is 9.72. The molecule has 1 aliphatic heterocycles. The minimum atomic E-state index is -0.602. The van der Waals surface area contributed by atoms with E-state index in [-0.39, 0.29) is 11.8 Å². The molecule has 0 aromatic heterocycles. The van der Waals surface area contributed by atoms with E-state index in [0.29, 0.717) is 22.5 Å². The molecule has 0 N–H and O–H groups in total. The summed E-state index contributed by atoms with van der Waals surface area (Å²) < 4.78 is 6.08. The molecule has 4 nitrogen and oxygen atoms in total. The second kappa shape index (κ2) is 7.73. The third-order valence-electron chi connectivity index (χ3n) is 3.86. The van der Waals surface area contributed by atoms with Crippen molar-refractivity contribution in [3.63, 3.8) is 0 Å². The largest absolute Gasteiger partial charge is 0.443 e. The van der Waals surface area contributed by atoms with Crippen LogP contribution >= 0.6 is 15.9 Å². The maximum atomic E-state index is 13.0. The second-order valence-corrected chi connectivity index (χ2v) is 8.58. The molecule has 0 fully saturated rings. The number of benzene rings is 1. The van der Waals surface area contributed by atoms with E-state index in [1.54, 1.807) is 4.90 Å². The number of hydrogen-bond acceptors (Lipinski definition) is 3. The average Bonchev–Trinajstić information content (AvgIpc) is 2.48. The van der Waals surface area contributed by atoms with Crippen molar-refractivity contribution >= 4 is 33.5 Å². The summed E-state index contributed by atoms with van der Waals surface area (Å²) in [5, 5.41) is 0. The van der Waals surface area contributed by atoms with E-state index in [0.717, 1.165) is 12.0 Å². The number of hydrogen-bond donors (Lipinski definition) is 0. The van der Waals surface area contributed by atoms with E-state index in [4.69, 9.17) is 4.74 Å². The molecular weight excluding hydrogens is 382 g/mol. The fourth-order valence-electron chi connectivity index (χ4n) is 2.96. The van der Waals surface area contributed by atoms with Gasteiger partial charge in [0.1, 0.15) is 5.60 Å². The lowest BCUT2D eigenvalue weighted by Gasteiger charge is -2.39. The Hall–Kier alpha value is -1.62. The molecule has 1 aliphatic rings. The second-order valence-electron chi connectivity index (χ2n) is 7.79. The van der Waals surface area contributed by atoms with Gasteiger partial charge in [0.25, 0.3) is 0 Å². The summed E-state index contributed by atoms with van der Waals surface area (Å²) in [5.74, 6) is 0.376. The van der Waals surface area contributed by atoms with E-state index in [2.05, 4.69) is 29.8 Å². The zero-order valence-electron chi connectivity index (χ0n) is 15.5. The minimum Gasteiger partial charge on any atom is -0.443 e. The van der Waals surface area contributed by atoms with Gasteiger partial charge in [-0.2, -0.15) is 0 Å². The molecule has 0 aliphatic carbocycles. The molecule has 0 saturated heterocycles. The smallest absolute Gasteiger partial charge is 0.415 e. The number of ketones is 1. The van der Waals surface area contributed by atoms with Crippen LogP contribution in [0.3, 0.4) is 0 Å². The van der Waals surface area contributed by atoms with Crippen molar-refractivity contribution in [3.8, 4) is 0 Å². The van der Waals surface area contributed by atoms with Gasteiger partial charge in [-0.25, -0.2) is 4.79 Å². The number of Topliss-reactive ketones (excluding diaryl/α,β-unsaturated/α-hetero) is 1. The van der Waals surface area contributed by atoms with E-state index >= 15 is 0 Å². The first-order chi connectivity index (χ1) is 11.6. The molecule has 136 valence electrons. The van der Waals surface area contributed by atoms with Crippen molar-refractivity contribution in [2.24, 2.45) is 5.92 Å². The van der Waals surface area contributed by atoms with Gasteiger partial charge in [-0.1, -0.05) is 44.2 Å². The van der Waals surface area contributed by atoms with Gasteiger partial charge in [-0.3, -0.25) is 9.69 Å². The van der Waals surface area contributed by atoms with Gasteiger partial charge in [-0.15, -0.1) is 0 Å². The highest BCUT2D eigenvalue weighted by Crippen LogP contribution is 2.38. The van der Waals surface area contributed by atoms with Gasteiger partial charge < -0.3 is 4.74 Å². The number of carbonyl (C=O) groups is 2. The van der Waals surface area contributed by atoms with Crippen molar-refractivity contribution in [2.75, 3.05) is 0 Å². The summed E-state index contributed by atoms with van der Waals surface area (Å²) in [6.07, 6.45) is 0.622. The molecule has 1 atom stereocenters. The first-order valence-electron chi connectivity index (χ1n) is 8.60. The van der Waals surface area contributed by atoms with Gasteiger partial charge in [0.15, 0.2) is 5.78 Å². The van der Waals surface area contributed by atoms with Crippen LogP contribution in [-0.4, -0.2) is 28.4 Å². The van der Waals surface area contributed by atoms with Gasteiger partial charge in [0, 0.05) is 12.5 Å². The van der Waals surface area contributed by atoms with E-state index in [1.165, 1.54) is 0 Å². The van der Waals surface area contributed by atoms with Gasteiger partial charge in [-0.05, 0) is 54.6 Å². The van der Waals surface area contributed by atoms with Crippen molar-refractivity contribution in [3.05, 3.63) is 40.4 Å². The number of rotatable bonds is 3. The zero-order valence-corrected chi connectivity index (χ0v) is 17.1. The van der Waals surface area contributed by atoms with Crippen molar-refractivity contribution < 1.29 is 14.3 Å². The van der Waals surface area contributed by atoms with Crippen LogP contribution in [0.25, 0.3) is 5.70 Å². The quantitative estimate of drug-likeness (QED) is 0.675. The van der Waals surface area contributed by atoms with Crippen molar-refractivity contribution in [1.82, 2.24) is 4.90 Å². The lowest BCUT2D eigenvalue weighted by atomic mass is 9.92. The molecule has 1 aromatic carbocycles. The number of nitrogens with zero attached hydrogens (tertiary/aromatic N) is 1. The Balaban J connectivity index is 2.53. The lowest BCUT2D eigenvalue weighted by Crippen LogP contribution is -2.46. The molecule has 1 aromatic rings. The number of halogens is 1. The molecule has 2 rings (SSSR count). The Morgan fingerprint density at radius 1 is 1.28 bits per heavy atom. The standard InChI is InChI=1S/C20H26BrNO3/c1-13(2)11-15-12-16(23)17(21)18(14-9-7-6-8-10-14)22(15)19(24)25-20(3,4)5/h6-10,13,15H,11-12H2,1-5H3/t15-/m0/s1. The summed E-state index contributed by atoms with van der Waals surface area (Å²) in [5.41, 5.74) is 0.814. The SMILES string of the molecule is CC(C)C[C@H]1CC(=O)C(Br)=C(c2ccccc2)N1C(=O)OC(C)(C)C. The number of amides is 1. The van der Waals surface area contributed by atoms with E-state index in [9.17, 15) is 9.59 Å². The fourth-order valence-corrected chi connectivity index (χ4v) is 3.54. The van der Waals surface area contributed by atoms with E-state index < -0.39 is 11.7 Å². The third-order valence-corrected chi connectivity index (χ3v) is 4.68. The summed E-state index contributed by atoms with van der Waals surface area (Å²) in [7, 11) is 0. The Kier molecular flexibility index (Phi) is 6.09.